The number of morpholine rings is 1. The van der Waals surface area contributed by atoms with Crippen LogP contribution in [0.1, 0.15) is 36.2 Å². The lowest BCUT2D eigenvalue weighted by Crippen LogP contribution is -2.46. The molecule has 1 N–H and O–H groups in total. The first-order valence-corrected chi connectivity index (χ1v) is 8.66. The molecule has 0 spiro atoms. The van der Waals surface area contributed by atoms with Crippen LogP contribution in [-0.4, -0.2) is 72.9 Å². The third kappa shape index (κ3) is 6.50. The van der Waals surface area contributed by atoms with Gasteiger partial charge in [-0.3, -0.25) is 4.79 Å². The molecule has 1 aliphatic rings. The largest absolute Gasteiger partial charge is 0.378 e. The van der Waals surface area contributed by atoms with Crippen molar-refractivity contribution in [2.45, 2.75) is 32.0 Å². The molecule has 1 amide bonds. The number of aliphatic hydroxyl groups is 1. The average Bonchev–Trinajstić information content (AvgIpc) is 2.57. The van der Waals surface area contributed by atoms with Crippen LogP contribution >= 0.6 is 0 Å². The molecule has 2 rings (SSSR count). The van der Waals surface area contributed by atoms with E-state index in [1.54, 1.807) is 26.0 Å². The van der Waals surface area contributed by atoms with Crippen molar-refractivity contribution in [3.63, 3.8) is 0 Å². The van der Waals surface area contributed by atoms with Gasteiger partial charge in [-0.15, -0.1) is 0 Å². The van der Waals surface area contributed by atoms with Crippen LogP contribution in [0.25, 0.3) is 0 Å². The average molecular weight is 344 g/mol. The van der Waals surface area contributed by atoms with Crippen molar-refractivity contribution in [3.05, 3.63) is 35.4 Å². The second kappa shape index (κ2) is 8.48. The SMILES string of the molecule is CN(C)CCC1CN(C(=O)c2ccc(C#CC(C)(C)O)cc2)CCO1. The zero-order valence-electron chi connectivity index (χ0n) is 15.6. The molecule has 136 valence electrons. The van der Waals surface area contributed by atoms with Gasteiger partial charge in [-0.1, -0.05) is 11.8 Å². The van der Waals surface area contributed by atoms with Gasteiger partial charge in [0.15, 0.2) is 0 Å². The van der Waals surface area contributed by atoms with Gasteiger partial charge in [0.1, 0.15) is 5.60 Å². The molecule has 0 bridgehead atoms. The second-order valence-corrected chi connectivity index (χ2v) is 7.22. The van der Waals surface area contributed by atoms with Crippen LogP contribution < -0.4 is 0 Å². The first-order chi connectivity index (χ1) is 11.7. The molecule has 1 unspecified atom stereocenters. The normalized spacial score (nSPS) is 18.0. The van der Waals surface area contributed by atoms with E-state index in [4.69, 9.17) is 4.74 Å². The van der Waals surface area contributed by atoms with Crippen molar-refractivity contribution in [2.24, 2.45) is 0 Å². The highest BCUT2D eigenvalue weighted by atomic mass is 16.5. The van der Waals surface area contributed by atoms with Crippen LogP contribution in [0.4, 0.5) is 0 Å². The second-order valence-electron chi connectivity index (χ2n) is 7.22. The van der Waals surface area contributed by atoms with E-state index in [-0.39, 0.29) is 12.0 Å². The molecule has 1 saturated heterocycles. The Morgan fingerprint density at radius 1 is 1.36 bits per heavy atom. The molecule has 5 heteroatoms. The van der Waals surface area contributed by atoms with Crippen molar-refractivity contribution in [2.75, 3.05) is 40.3 Å². The fourth-order valence-electron chi connectivity index (χ4n) is 2.58. The molecule has 25 heavy (non-hydrogen) atoms. The standard InChI is InChI=1S/C20H28N2O3/c1-20(2,24)11-9-16-5-7-17(8-6-16)19(23)22-13-14-25-18(15-22)10-12-21(3)4/h5-8,18,24H,10,12-15H2,1-4H3. The Morgan fingerprint density at radius 3 is 2.64 bits per heavy atom. The molecule has 0 saturated carbocycles. The monoisotopic (exact) mass is 344 g/mol. The van der Waals surface area contributed by atoms with E-state index in [2.05, 4.69) is 16.7 Å². The van der Waals surface area contributed by atoms with Crippen molar-refractivity contribution in [3.8, 4) is 11.8 Å². The van der Waals surface area contributed by atoms with Gasteiger partial charge in [0, 0.05) is 30.8 Å². The van der Waals surface area contributed by atoms with Crippen molar-refractivity contribution < 1.29 is 14.6 Å². The lowest BCUT2D eigenvalue weighted by atomic mass is 10.1. The smallest absolute Gasteiger partial charge is 0.254 e. The van der Waals surface area contributed by atoms with Gasteiger partial charge in [-0.2, -0.15) is 0 Å². The van der Waals surface area contributed by atoms with Crippen LogP contribution in [0.3, 0.4) is 0 Å². The van der Waals surface area contributed by atoms with Crippen LogP contribution in [0.2, 0.25) is 0 Å². The molecular formula is C20H28N2O3. The summed E-state index contributed by atoms with van der Waals surface area (Å²) in [7, 11) is 4.07. The molecular weight excluding hydrogens is 316 g/mol. The van der Waals surface area contributed by atoms with E-state index in [9.17, 15) is 9.90 Å². The molecule has 1 aromatic carbocycles. The molecule has 1 fully saturated rings. The fraction of sp³-hybridized carbons (Fsp3) is 0.550. The maximum Gasteiger partial charge on any atom is 0.254 e. The van der Waals surface area contributed by atoms with Gasteiger partial charge >= 0.3 is 0 Å². The number of ether oxygens (including phenoxy) is 1. The molecule has 1 atom stereocenters. The minimum atomic E-state index is -1.02. The summed E-state index contributed by atoms with van der Waals surface area (Å²) in [6, 6.07) is 7.22. The number of hydrogen-bond acceptors (Lipinski definition) is 4. The Morgan fingerprint density at radius 2 is 2.04 bits per heavy atom. The summed E-state index contributed by atoms with van der Waals surface area (Å²) in [5, 5.41) is 9.65. The van der Waals surface area contributed by atoms with Gasteiger partial charge in [0.25, 0.3) is 5.91 Å². The molecule has 0 aliphatic carbocycles. The number of carbonyl (C=O) groups is 1. The summed E-state index contributed by atoms with van der Waals surface area (Å²) in [6.07, 6.45) is 1.01. The minimum Gasteiger partial charge on any atom is -0.378 e. The first kappa shape index (κ1) is 19.5. The number of nitrogens with zero attached hydrogens (tertiary/aromatic N) is 2. The minimum absolute atomic E-state index is 0.0279. The highest BCUT2D eigenvalue weighted by molar-refractivity contribution is 5.94. The van der Waals surface area contributed by atoms with Gasteiger partial charge in [-0.05, 0) is 58.6 Å². The molecule has 1 aliphatic heterocycles. The first-order valence-electron chi connectivity index (χ1n) is 8.66. The summed E-state index contributed by atoms with van der Waals surface area (Å²) in [4.78, 5) is 16.7. The zero-order valence-corrected chi connectivity index (χ0v) is 15.6. The number of rotatable bonds is 4. The Labute approximate surface area is 150 Å². The third-order valence-corrected chi connectivity index (χ3v) is 3.97. The van der Waals surface area contributed by atoms with Crippen molar-refractivity contribution in [1.82, 2.24) is 9.80 Å². The zero-order chi connectivity index (χ0) is 18.4. The van der Waals surface area contributed by atoms with E-state index >= 15 is 0 Å². The highest BCUT2D eigenvalue weighted by Crippen LogP contribution is 2.14. The predicted molar refractivity (Wildman–Crippen MR) is 98.4 cm³/mol. The summed E-state index contributed by atoms with van der Waals surface area (Å²) >= 11 is 0. The fourth-order valence-corrected chi connectivity index (χ4v) is 2.58. The Hall–Kier alpha value is -1.87. The topological polar surface area (TPSA) is 53.0 Å². The van der Waals surface area contributed by atoms with Gasteiger partial charge < -0.3 is 19.6 Å². The summed E-state index contributed by atoms with van der Waals surface area (Å²) in [5.41, 5.74) is 0.413. The van der Waals surface area contributed by atoms with Gasteiger partial charge in [0.05, 0.1) is 12.7 Å². The van der Waals surface area contributed by atoms with Crippen LogP contribution in [0.15, 0.2) is 24.3 Å². The van der Waals surface area contributed by atoms with E-state index in [1.165, 1.54) is 0 Å². The van der Waals surface area contributed by atoms with E-state index in [0.717, 1.165) is 18.5 Å². The molecule has 1 heterocycles. The van der Waals surface area contributed by atoms with Crippen LogP contribution in [0.5, 0.6) is 0 Å². The maximum absolute atomic E-state index is 12.7. The molecule has 0 aromatic heterocycles. The van der Waals surface area contributed by atoms with Gasteiger partial charge in [0.2, 0.25) is 0 Å². The van der Waals surface area contributed by atoms with Crippen molar-refractivity contribution >= 4 is 5.91 Å². The third-order valence-electron chi connectivity index (χ3n) is 3.97. The van der Waals surface area contributed by atoms with Crippen LogP contribution in [-0.2, 0) is 4.74 Å². The lowest BCUT2D eigenvalue weighted by Gasteiger charge is -2.33. The summed E-state index contributed by atoms with van der Waals surface area (Å²) in [5.74, 6) is 5.71. The van der Waals surface area contributed by atoms with E-state index in [1.807, 2.05) is 31.1 Å². The summed E-state index contributed by atoms with van der Waals surface area (Å²) in [6.45, 7) is 6.07. The molecule has 5 nitrogen and oxygen atoms in total. The van der Waals surface area contributed by atoms with Crippen LogP contribution in [0, 0.1) is 11.8 Å². The van der Waals surface area contributed by atoms with Crippen molar-refractivity contribution in [1.29, 1.82) is 0 Å². The Bertz CT molecular complexity index is 636. The maximum atomic E-state index is 12.7. The lowest BCUT2D eigenvalue weighted by molar-refractivity contribution is -0.0269. The number of benzene rings is 1. The van der Waals surface area contributed by atoms with E-state index in [0.29, 0.717) is 25.3 Å². The van der Waals surface area contributed by atoms with E-state index < -0.39 is 5.60 Å². The Balaban J connectivity index is 1.98. The number of carbonyl (C=O) groups excluding carboxylic acids is 1. The highest BCUT2D eigenvalue weighted by Gasteiger charge is 2.24. The summed E-state index contributed by atoms with van der Waals surface area (Å²) < 4.78 is 5.77. The number of amides is 1. The molecule has 1 aromatic rings. The quantitative estimate of drug-likeness (QED) is 0.843. The molecule has 0 radical (unpaired) electrons. The predicted octanol–water partition coefficient (Wildman–Crippen LogP) is 1.60. The Kier molecular flexibility index (Phi) is 6.60. The van der Waals surface area contributed by atoms with Gasteiger partial charge in [-0.25, -0.2) is 0 Å². The number of hydrogen-bond donors (Lipinski definition) is 1.